The van der Waals surface area contributed by atoms with Crippen LogP contribution in [0.25, 0.3) is 0 Å². The standard InChI is InChI=1S/C14H24O/c1-4-12-7-11-8-13(12)14(9-11)15-6-5-10(2)3/h4,10-11,13-14H,5-9H2,1-3H3/b12-4-. The van der Waals surface area contributed by atoms with Gasteiger partial charge >= 0.3 is 0 Å². The lowest BCUT2D eigenvalue weighted by atomic mass is 9.92. The molecule has 0 heterocycles. The molecule has 0 amide bonds. The smallest absolute Gasteiger partial charge is 0.0643 e. The van der Waals surface area contributed by atoms with Crippen molar-refractivity contribution in [2.45, 2.75) is 52.6 Å². The zero-order chi connectivity index (χ0) is 10.8. The number of hydrogen-bond acceptors (Lipinski definition) is 1. The van der Waals surface area contributed by atoms with Gasteiger partial charge in [-0.05, 0) is 44.4 Å². The van der Waals surface area contributed by atoms with E-state index in [4.69, 9.17) is 4.74 Å². The van der Waals surface area contributed by atoms with E-state index in [0.717, 1.165) is 24.4 Å². The molecule has 3 atom stereocenters. The average molecular weight is 208 g/mol. The molecular weight excluding hydrogens is 184 g/mol. The molecule has 0 aromatic rings. The lowest BCUT2D eigenvalue weighted by molar-refractivity contribution is 0.0238. The van der Waals surface area contributed by atoms with E-state index in [-0.39, 0.29) is 0 Å². The van der Waals surface area contributed by atoms with Gasteiger partial charge in [-0.2, -0.15) is 0 Å². The predicted octanol–water partition coefficient (Wildman–Crippen LogP) is 3.79. The van der Waals surface area contributed by atoms with Gasteiger partial charge in [-0.1, -0.05) is 25.5 Å². The summed E-state index contributed by atoms with van der Waals surface area (Å²) in [5.41, 5.74) is 1.67. The first-order valence-electron chi connectivity index (χ1n) is 6.47. The van der Waals surface area contributed by atoms with E-state index in [2.05, 4.69) is 26.8 Å². The minimum Gasteiger partial charge on any atom is -0.378 e. The van der Waals surface area contributed by atoms with Crippen molar-refractivity contribution in [1.29, 1.82) is 0 Å². The Morgan fingerprint density at radius 1 is 1.40 bits per heavy atom. The SMILES string of the molecule is C/C=C1/CC2CC(OCCC(C)C)C1C2. The third-order valence-corrected chi connectivity index (χ3v) is 4.00. The van der Waals surface area contributed by atoms with Crippen molar-refractivity contribution in [3.63, 3.8) is 0 Å². The average Bonchev–Trinajstić information content (AvgIpc) is 2.75. The molecule has 0 aromatic carbocycles. The Morgan fingerprint density at radius 3 is 2.80 bits per heavy atom. The van der Waals surface area contributed by atoms with E-state index in [0.29, 0.717) is 6.10 Å². The van der Waals surface area contributed by atoms with Gasteiger partial charge in [0.15, 0.2) is 0 Å². The molecule has 2 aliphatic rings. The van der Waals surface area contributed by atoms with Crippen molar-refractivity contribution >= 4 is 0 Å². The highest BCUT2D eigenvalue weighted by Gasteiger charge is 2.42. The fourth-order valence-electron chi connectivity index (χ4n) is 3.11. The van der Waals surface area contributed by atoms with Gasteiger partial charge in [0.25, 0.3) is 0 Å². The van der Waals surface area contributed by atoms with Crippen molar-refractivity contribution in [1.82, 2.24) is 0 Å². The van der Waals surface area contributed by atoms with E-state index in [1.165, 1.54) is 25.7 Å². The molecular formula is C14H24O. The highest BCUT2D eigenvalue weighted by Crippen LogP contribution is 2.49. The molecule has 0 spiro atoms. The lowest BCUT2D eigenvalue weighted by Gasteiger charge is -2.25. The molecule has 1 nitrogen and oxygen atoms in total. The second-order valence-corrected chi connectivity index (χ2v) is 5.60. The molecule has 3 unspecified atom stereocenters. The first-order valence-corrected chi connectivity index (χ1v) is 6.47. The van der Waals surface area contributed by atoms with E-state index < -0.39 is 0 Å². The number of fused-ring (bicyclic) bond motifs is 2. The zero-order valence-corrected chi connectivity index (χ0v) is 10.3. The number of ether oxygens (including phenoxy) is 1. The van der Waals surface area contributed by atoms with Crippen LogP contribution in [0, 0.1) is 17.8 Å². The highest BCUT2D eigenvalue weighted by atomic mass is 16.5. The third kappa shape index (κ3) is 2.44. The largest absolute Gasteiger partial charge is 0.378 e. The Bertz CT molecular complexity index is 242. The summed E-state index contributed by atoms with van der Waals surface area (Å²) in [5, 5.41) is 0. The Hall–Kier alpha value is -0.300. The van der Waals surface area contributed by atoms with Gasteiger partial charge in [-0.25, -0.2) is 0 Å². The summed E-state index contributed by atoms with van der Waals surface area (Å²) in [4.78, 5) is 0. The number of hydrogen-bond donors (Lipinski definition) is 0. The molecule has 2 bridgehead atoms. The van der Waals surface area contributed by atoms with E-state index >= 15 is 0 Å². The summed E-state index contributed by atoms with van der Waals surface area (Å²) in [6.07, 6.45) is 8.15. The molecule has 2 aliphatic carbocycles. The van der Waals surface area contributed by atoms with Crippen LogP contribution in [0.5, 0.6) is 0 Å². The summed E-state index contributed by atoms with van der Waals surface area (Å²) < 4.78 is 6.04. The van der Waals surface area contributed by atoms with Gasteiger partial charge in [0, 0.05) is 12.5 Å². The topological polar surface area (TPSA) is 9.23 Å². The number of rotatable bonds is 4. The van der Waals surface area contributed by atoms with Crippen molar-refractivity contribution in [2.75, 3.05) is 6.61 Å². The maximum absolute atomic E-state index is 6.04. The maximum atomic E-state index is 6.04. The van der Waals surface area contributed by atoms with Crippen LogP contribution in [0.15, 0.2) is 11.6 Å². The van der Waals surface area contributed by atoms with E-state index in [9.17, 15) is 0 Å². The minimum absolute atomic E-state index is 0.550. The zero-order valence-electron chi connectivity index (χ0n) is 10.3. The second-order valence-electron chi connectivity index (χ2n) is 5.60. The Labute approximate surface area is 93.9 Å². The van der Waals surface area contributed by atoms with E-state index in [1.54, 1.807) is 5.57 Å². The van der Waals surface area contributed by atoms with Crippen molar-refractivity contribution in [2.24, 2.45) is 17.8 Å². The van der Waals surface area contributed by atoms with Crippen LogP contribution < -0.4 is 0 Å². The minimum atomic E-state index is 0.550. The second kappa shape index (κ2) is 4.69. The monoisotopic (exact) mass is 208 g/mol. The van der Waals surface area contributed by atoms with Gasteiger partial charge in [-0.15, -0.1) is 0 Å². The Morgan fingerprint density at radius 2 is 2.20 bits per heavy atom. The molecule has 2 fully saturated rings. The molecule has 2 rings (SSSR count). The highest BCUT2D eigenvalue weighted by molar-refractivity contribution is 5.18. The van der Waals surface area contributed by atoms with Gasteiger partial charge in [0.2, 0.25) is 0 Å². The molecule has 2 saturated carbocycles. The predicted molar refractivity (Wildman–Crippen MR) is 63.8 cm³/mol. The van der Waals surface area contributed by atoms with E-state index in [1.807, 2.05) is 0 Å². The molecule has 86 valence electrons. The maximum Gasteiger partial charge on any atom is 0.0643 e. The molecule has 0 aromatic heterocycles. The molecule has 15 heavy (non-hydrogen) atoms. The van der Waals surface area contributed by atoms with Gasteiger partial charge in [0.1, 0.15) is 0 Å². The first kappa shape index (κ1) is 11.2. The van der Waals surface area contributed by atoms with Crippen LogP contribution in [0.4, 0.5) is 0 Å². The first-order chi connectivity index (χ1) is 7.20. The summed E-state index contributed by atoms with van der Waals surface area (Å²) in [6.45, 7) is 7.67. The third-order valence-electron chi connectivity index (χ3n) is 4.00. The number of allylic oxidation sites excluding steroid dienone is 1. The van der Waals surface area contributed by atoms with Crippen molar-refractivity contribution < 1.29 is 4.74 Å². The van der Waals surface area contributed by atoms with Crippen LogP contribution in [0.1, 0.15) is 46.5 Å². The normalized spacial score (nSPS) is 37.1. The van der Waals surface area contributed by atoms with Gasteiger partial charge in [0.05, 0.1) is 6.10 Å². The van der Waals surface area contributed by atoms with Crippen LogP contribution in [0.2, 0.25) is 0 Å². The van der Waals surface area contributed by atoms with Gasteiger partial charge in [-0.3, -0.25) is 0 Å². The fraction of sp³-hybridized carbons (Fsp3) is 0.857. The van der Waals surface area contributed by atoms with Crippen molar-refractivity contribution in [3.05, 3.63) is 11.6 Å². The summed E-state index contributed by atoms with van der Waals surface area (Å²) in [6, 6.07) is 0. The van der Waals surface area contributed by atoms with Crippen LogP contribution in [0.3, 0.4) is 0 Å². The lowest BCUT2D eigenvalue weighted by Crippen LogP contribution is -2.23. The summed E-state index contributed by atoms with van der Waals surface area (Å²) >= 11 is 0. The molecule has 0 N–H and O–H groups in total. The molecule has 0 radical (unpaired) electrons. The summed E-state index contributed by atoms with van der Waals surface area (Å²) in [5.74, 6) is 2.47. The quantitative estimate of drug-likeness (QED) is 0.639. The molecule has 0 aliphatic heterocycles. The van der Waals surface area contributed by atoms with Crippen LogP contribution in [-0.2, 0) is 4.74 Å². The van der Waals surface area contributed by atoms with Crippen molar-refractivity contribution in [3.8, 4) is 0 Å². The van der Waals surface area contributed by atoms with Gasteiger partial charge < -0.3 is 4.74 Å². The van der Waals surface area contributed by atoms with Crippen LogP contribution in [-0.4, -0.2) is 12.7 Å². The van der Waals surface area contributed by atoms with Crippen LogP contribution >= 0.6 is 0 Å². The Balaban J connectivity index is 1.80. The fourth-order valence-corrected chi connectivity index (χ4v) is 3.11. The molecule has 1 heteroatoms. The summed E-state index contributed by atoms with van der Waals surface area (Å²) in [7, 11) is 0. The molecule has 0 saturated heterocycles. The Kier molecular flexibility index (Phi) is 3.50.